The van der Waals surface area contributed by atoms with Crippen LogP contribution < -0.4 is 16.2 Å². The van der Waals surface area contributed by atoms with E-state index in [0.29, 0.717) is 5.75 Å². The highest BCUT2D eigenvalue weighted by molar-refractivity contribution is 5.94. The fraction of sp³-hybridized carbons (Fsp3) is 0.250. The summed E-state index contributed by atoms with van der Waals surface area (Å²) in [5.41, 5.74) is 11.2. The van der Waals surface area contributed by atoms with E-state index in [1.54, 1.807) is 43.3 Å². The summed E-state index contributed by atoms with van der Waals surface area (Å²) in [6, 6.07) is 6.57. The van der Waals surface area contributed by atoms with Crippen LogP contribution in [-0.2, 0) is 6.54 Å². The van der Waals surface area contributed by atoms with Crippen LogP contribution in [0.5, 0.6) is 5.75 Å². The number of nitrogens with two attached hydrogens (primary N) is 2. The average molecular weight is 278 g/mol. The second-order valence-corrected chi connectivity index (χ2v) is 4.25. The number of primary amides is 1. The molecule has 0 spiro atoms. The lowest BCUT2D eigenvalue weighted by Gasteiger charge is -2.27. The number of rotatable bonds is 3. The lowest BCUT2D eigenvalue weighted by Crippen LogP contribution is -2.46. The summed E-state index contributed by atoms with van der Waals surface area (Å²) in [4.78, 5) is 13.5. The molecule has 0 atom stereocenters. The third kappa shape index (κ3) is 4.16. The van der Waals surface area contributed by atoms with Gasteiger partial charge in [0.25, 0.3) is 0 Å². The molecule has 0 heterocycles. The van der Waals surface area contributed by atoms with Crippen molar-refractivity contribution in [3.05, 3.63) is 29.8 Å². The summed E-state index contributed by atoms with van der Waals surface area (Å²) < 4.78 is 4.72. The Kier molecular flexibility index (Phi) is 4.90. The molecule has 0 fully saturated rings. The second-order valence-electron chi connectivity index (χ2n) is 4.25. The van der Waals surface area contributed by atoms with E-state index in [-0.39, 0.29) is 18.5 Å². The SMILES string of the molecule is CN(C)C(=N)N(Cc1ccc(OC(N)=O)cc1)C(=N)N. The molecule has 1 amide bonds. The minimum absolute atomic E-state index is 0.106. The maximum atomic E-state index is 10.6. The largest absolute Gasteiger partial charge is 0.411 e. The number of hydrogen-bond donors (Lipinski definition) is 4. The molecule has 1 aromatic rings. The molecule has 0 aliphatic heterocycles. The van der Waals surface area contributed by atoms with Crippen molar-refractivity contribution in [3.63, 3.8) is 0 Å². The molecule has 0 saturated carbocycles. The standard InChI is InChI=1S/C12H18N6O2/c1-17(2)11(15)18(10(13)14)7-8-3-5-9(6-4-8)20-12(16)19/h3-6,15H,7H2,1-2H3,(H3,13,14)(H2,16,19). The maximum absolute atomic E-state index is 10.6. The Hall–Kier alpha value is -2.77. The number of nitrogens with one attached hydrogen (secondary N) is 2. The van der Waals surface area contributed by atoms with Crippen LogP contribution in [0.25, 0.3) is 0 Å². The minimum atomic E-state index is -0.877. The van der Waals surface area contributed by atoms with Crippen LogP contribution in [-0.4, -0.2) is 41.9 Å². The number of benzene rings is 1. The highest BCUT2D eigenvalue weighted by Crippen LogP contribution is 2.14. The van der Waals surface area contributed by atoms with E-state index in [0.717, 1.165) is 5.56 Å². The smallest absolute Gasteiger partial charge is 0.409 e. The average Bonchev–Trinajstić information content (AvgIpc) is 2.35. The zero-order valence-electron chi connectivity index (χ0n) is 11.4. The normalized spacial score (nSPS) is 9.70. The Morgan fingerprint density at radius 2 is 1.75 bits per heavy atom. The van der Waals surface area contributed by atoms with Crippen molar-refractivity contribution in [2.24, 2.45) is 11.5 Å². The van der Waals surface area contributed by atoms with Crippen molar-refractivity contribution in [2.45, 2.75) is 6.54 Å². The fourth-order valence-electron chi connectivity index (χ4n) is 1.48. The first-order chi connectivity index (χ1) is 9.31. The summed E-state index contributed by atoms with van der Waals surface area (Å²) in [5, 5.41) is 15.4. The molecular formula is C12H18N6O2. The topological polar surface area (TPSA) is 133 Å². The van der Waals surface area contributed by atoms with Gasteiger partial charge >= 0.3 is 6.09 Å². The number of guanidine groups is 2. The molecule has 0 bridgehead atoms. The van der Waals surface area contributed by atoms with Gasteiger partial charge in [0.15, 0.2) is 11.9 Å². The van der Waals surface area contributed by atoms with E-state index < -0.39 is 6.09 Å². The van der Waals surface area contributed by atoms with Gasteiger partial charge in [-0.15, -0.1) is 0 Å². The van der Waals surface area contributed by atoms with E-state index in [2.05, 4.69) is 0 Å². The Morgan fingerprint density at radius 3 is 2.15 bits per heavy atom. The minimum Gasteiger partial charge on any atom is -0.411 e. The molecule has 108 valence electrons. The van der Waals surface area contributed by atoms with Crippen molar-refractivity contribution < 1.29 is 9.53 Å². The fourth-order valence-corrected chi connectivity index (χ4v) is 1.48. The Bertz CT molecular complexity index is 511. The molecule has 0 radical (unpaired) electrons. The molecule has 6 N–H and O–H groups in total. The van der Waals surface area contributed by atoms with Gasteiger partial charge in [-0.3, -0.25) is 15.7 Å². The zero-order valence-corrected chi connectivity index (χ0v) is 11.4. The van der Waals surface area contributed by atoms with Crippen molar-refractivity contribution in [1.29, 1.82) is 10.8 Å². The highest BCUT2D eigenvalue weighted by atomic mass is 16.5. The first kappa shape index (κ1) is 15.3. The van der Waals surface area contributed by atoms with Crippen LogP contribution in [0.2, 0.25) is 0 Å². The Balaban J connectivity index is 2.82. The molecule has 1 rings (SSSR count). The molecule has 0 unspecified atom stereocenters. The first-order valence-corrected chi connectivity index (χ1v) is 5.75. The van der Waals surface area contributed by atoms with Gasteiger partial charge in [0, 0.05) is 14.1 Å². The Labute approximate surface area is 116 Å². The van der Waals surface area contributed by atoms with E-state index in [4.69, 9.17) is 27.0 Å². The summed E-state index contributed by atoms with van der Waals surface area (Å²) in [6.07, 6.45) is -0.877. The van der Waals surface area contributed by atoms with Crippen LogP contribution in [0.15, 0.2) is 24.3 Å². The van der Waals surface area contributed by atoms with Crippen molar-refractivity contribution in [3.8, 4) is 5.75 Å². The van der Waals surface area contributed by atoms with Gasteiger partial charge in [-0.1, -0.05) is 12.1 Å². The summed E-state index contributed by atoms with van der Waals surface area (Å²) in [6.45, 7) is 0.267. The molecule has 0 aliphatic rings. The second kappa shape index (κ2) is 6.41. The third-order valence-electron chi connectivity index (χ3n) is 2.45. The van der Waals surface area contributed by atoms with E-state index >= 15 is 0 Å². The van der Waals surface area contributed by atoms with Crippen molar-refractivity contribution in [1.82, 2.24) is 9.80 Å². The van der Waals surface area contributed by atoms with Crippen LogP contribution in [0.3, 0.4) is 0 Å². The molecule has 20 heavy (non-hydrogen) atoms. The summed E-state index contributed by atoms with van der Waals surface area (Å²) >= 11 is 0. The van der Waals surface area contributed by atoms with E-state index in [9.17, 15) is 4.79 Å². The number of carbonyl (C=O) groups excluding carboxylic acids is 1. The molecule has 8 heteroatoms. The number of carbonyl (C=O) groups is 1. The predicted molar refractivity (Wildman–Crippen MR) is 75.5 cm³/mol. The predicted octanol–water partition coefficient (Wildman–Crippen LogP) is 0.336. The maximum Gasteiger partial charge on any atom is 0.409 e. The zero-order chi connectivity index (χ0) is 15.3. The molecular weight excluding hydrogens is 260 g/mol. The number of hydrogen-bond acceptors (Lipinski definition) is 4. The summed E-state index contributed by atoms with van der Waals surface area (Å²) in [7, 11) is 3.39. The molecule has 0 aromatic heterocycles. The van der Waals surface area contributed by atoms with Gasteiger partial charge in [-0.05, 0) is 17.7 Å². The number of ether oxygens (including phenoxy) is 1. The summed E-state index contributed by atoms with van der Waals surface area (Å²) in [5.74, 6) is 0.217. The van der Waals surface area contributed by atoms with E-state index in [1.165, 1.54) is 4.90 Å². The van der Waals surface area contributed by atoms with Crippen LogP contribution in [0.4, 0.5) is 4.79 Å². The highest BCUT2D eigenvalue weighted by Gasteiger charge is 2.15. The van der Waals surface area contributed by atoms with Gasteiger partial charge in [0.1, 0.15) is 5.75 Å². The number of nitrogens with zero attached hydrogens (tertiary/aromatic N) is 2. The van der Waals surface area contributed by atoms with Crippen molar-refractivity contribution >= 4 is 18.0 Å². The van der Waals surface area contributed by atoms with Crippen molar-refractivity contribution in [2.75, 3.05) is 14.1 Å². The first-order valence-electron chi connectivity index (χ1n) is 5.75. The van der Waals surface area contributed by atoms with E-state index in [1.807, 2.05) is 0 Å². The third-order valence-corrected chi connectivity index (χ3v) is 2.45. The van der Waals surface area contributed by atoms with Gasteiger partial charge in [-0.25, -0.2) is 4.79 Å². The quantitative estimate of drug-likeness (QED) is 0.467. The van der Waals surface area contributed by atoms with Crippen LogP contribution in [0.1, 0.15) is 5.56 Å². The number of amides is 1. The van der Waals surface area contributed by atoms with Gasteiger partial charge in [-0.2, -0.15) is 0 Å². The lowest BCUT2D eigenvalue weighted by molar-refractivity contribution is 0.211. The lowest BCUT2D eigenvalue weighted by atomic mass is 10.2. The van der Waals surface area contributed by atoms with Crippen LogP contribution >= 0.6 is 0 Å². The molecule has 8 nitrogen and oxygen atoms in total. The molecule has 0 aliphatic carbocycles. The van der Waals surface area contributed by atoms with Crippen LogP contribution in [0, 0.1) is 10.8 Å². The molecule has 0 saturated heterocycles. The molecule has 1 aromatic carbocycles. The van der Waals surface area contributed by atoms with Gasteiger partial charge < -0.3 is 21.1 Å². The monoisotopic (exact) mass is 278 g/mol. The Morgan fingerprint density at radius 1 is 1.20 bits per heavy atom. The van der Waals surface area contributed by atoms with Gasteiger partial charge in [0.2, 0.25) is 0 Å². The van der Waals surface area contributed by atoms with Gasteiger partial charge in [0.05, 0.1) is 6.54 Å².